The van der Waals surface area contributed by atoms with Crippen molar-refractivity contribution in [1.82, 2.24) is 4.90 Å². The summed E-state index contributed by atoms with van der Waals surface area (Å²) in [6.45, 7) is 1.86. The highest BCUT2D eigenvalue weighted by Gasteiger charge is 2.27. The van der Waals surface area contributed by atoms with Gasteiger partial charge >= 0.3 is 0 Å². The van der Waals surface area contributed by atoms with Crippen LogP contribution in [0.2, 0.25) is 0 Å². The number of rotatable bonds is 3. The van der Waals surface area contributed by atoms with Crippen LogP contribution in [-0.4, -0.2) is 30.4 Å². The zero-order chi connectivity index (χ0) is 8.97. The summed E-state index contributed by atoms with van der Waals surface area (Å²) in [4.78, 5) is 12.9. The molecule has 1 fully saturated rings. The number of nitriles is 1. The van der Waals surface area contributed by atoms with Gasteiger partial charge in [0.25, 0.3) is 0 Å². The highest BCUT2D eigenvalue weighted by Crippen LogP contribution is 2.16. The monoisotopic (exact) mass is 167 g/mol. The summed E-state index contributed by atoms with van der Waals surface area (Å²) >= 11 is 0. The third kappa shape index (κ3) is 1.95. The van der Waals surface area contributed by atoms with E-state index in [1.165, 1.54) is 0 Å². The van der Waals surface area contributed by atoms with Gasteiger partial charge in [0.2, 0.25) is 5.91 Å². The average Bonchev–Trinajstić information content (AvgIpc) is 2.43. The molecule has 0 aliphatic carbocycles. The van der Waals surface area contributed by atoms with Gasteiger partial charge in [0.05, 0.1) is 12.5 Å². The molecule has 0 aromatic heterocycles. The normalized spacial score (nSPS) is 22.8. The predicted octanol–water partition coefficient (Wildman–Crippen LogP) is -0.293. The number of carbonyl (C=O) groups excluding carboxylic acids is 1. The molecular formula is C8H13N3O. The molecule has 0 spiro atoms. The van der Waals surface area contributed by atoms with Crippen LogP contribution in [-0.2, 0) is 4.79 Å². The first-order chi connectivity index (χ1) is 5.77. The zero-order valence-electron chi connectivity index (χ0n) is 6.99. The Morgan fingerprint density at radius 3 is 3.00 bits per heavy atom. The zero-order valence-corrected chi connectivity index (χ0v) is 6.99. The van der Waals surface area contributed by atoms with Crippen LogP contribution >= 0.6 is 0 Å². The maximum atomic E-state index is 11.2. The number of amides is 1. The Morgan fingerprint density at radius 1 is 1.75 bits per heavy atom. The molecule has 12 heavy (non-hydrogen) atoms. The topological polar surface area (TPSA) is 70.1 Å². The third-order valence-corrected chi connectivity index (χ3v) is 2.12. The number of nitrogens with two attached hydrogens (primary N) is 1. The second-order valence-corrected chi connectivity index (χ2v) is 3.05. The fraction of sp³-hybridized carbons (Fsp3) is 0.750. The highest BCUT2D eigenvalue weighted by atomic mass is 16.2. The van der Waals surface area contributed by atoms with Crippen molar-refractivity contribution < 1.29 is 4.79 Å². The largest absolute Gasteiger partial charge is 0.341 e. The summed E-state index contributed by atoms with van der Waals surface area (Å²) < 4.78 is 0. The van der Waals surface area contributed by atoms with Crippen molar-refractivity contribution in [2.24, 2.45) is 11.7 Å². The molecule has 0 bridgehead atoms. The van der Waals surface area contributed by atoms with Gasteiger partial charge in [-0.25, -0.2) is 0 Å². The summed E-state index contributed by atoms with van der Waals surface area (Å²) in [5.74, 6) is 0.442. The Balaban J connectivity index is 2.37. The van der Waals surface area contributed by atoms with Crippen molar-refractivity contribution >= 4 is 5.91 Å². The maximum Gasteiger partial charge on any atom is 0.223 e. The van der Waals surface area contributed by atoms with Gasteiger partial charge in [0.1, 0.15) is 0 Å². The number of hydrogen-bond donors (Lipinski definition) is 1. The quantitative estimate of drug-likeness (QED) is 0.627. The Morgan fingerprint density at radius 2 is 2.50 bits per heavy atom. The molecule has 1 amide bonds. The molecule has 1 rings (SSSR count). The van der Waals surface area contributed by atoms with Crippen LogP contribution in [0.3, 0.4) is 0 Å². The lowest BCUT2D eigenvalue weighted by atomic mass is 10.1. The molecule has 0 aromatic carbocycles. The van der Waals surface area contributed by atoms with E-state index in [0.717, 1.165) is 6.54 Å². The van der Waals surface area contributed by atoms with E-state index in [9.17, 15) is 4.79 Å². The van der Waals surface area contributed by atoms with Crippen LogP contribution in [0.4, 0.5) is 0 Å². The van der Waals surface area contributed by atoms with Gasteiger partial charge in [-0.2, -0.15) is 5.26 Å². The highest BCUT2D eigenvalue weighted by molar-refractivity contribution is 5.78. The standard InChI is InChI=1S/C8H13N3O/c9-2-1-3-11-6-7(5-10)4-8(11)12/h7H,1,3-6,10H2. The Kier molecular flexibility index (Phi) is 3.06. The molecule has 0 radical (unpaired) electrons. The van der Waals surface area contributed by atoms with Gasteiger partial charge in [-0.3, -0.25) is 4.79 Å². The molecule has 2 N–H and O–H groups in total. The van der Waals surface area contributed by atoms with Crippen molar-refractivity contribution in [3.05, 3.63) is 0 Å². The van der Waals surface area contributed by atoms with Gasteiger partial charge in [-0.15, -0.1) is 0 Å². The summed E-state index contributed by atoms with van der Waals surface area (Å²) in [6.07, 6.45) is 0.977. The molecule has 1 saturated heterocycles. The molecule has 66 valence electrons. The van der Waals surface area contributed by atoms with Crippen molar-refractivity contribution in [2.45, 2.75) is 12.8 Å². The van der Waals surface area contributed by atoms with Crippen LogP contribution in [0.15, 0.2) is 0 Å². The Labute approximate surface area is 71.9 Å². The van der Waals surface area contributed by atoms with E-state index in [2.05, 4.69) is 0 Å². The van der Waals surface area contributed by atoms with Gasteiger partial charge in [-0.05, 0) is 12.5 Å². The van der Waals surface area contributed by atoms with Gasteiger partial charge in [0.15, 0.2) is 0 Å². The average molecular weight is 167 g/mol. The molecule has 4 nitrogen and oxygen atoms in total. The second-order valence-electron chi connectivity index (χ2n) is 3.05. The maximum absolute atomic E-state index is 11.2. The minimum absolute atomic E-state index is 0.140. The van der Waals surface area contributed by atoms with Crippen molar-refractivity contribution in [2.75, 3.05) is 19.6 Å². The first-order valence-corrected chi connectivity index (χ1v) is 4.12. The number of nitrogens with zero attached hydrogens (tertiary/aromatic N) is 2. The van der Waals surface area contributed by atoms with Crippen LogP contribution in [0.5, 0.6) is 0 Å². The fourth-order valence-corrected chi connectivity index (χ4v) is 1.41. The number of carbonyl (C=O) groups is 1. The van der Waals surface area contributed by atoms with Crippen LogP contribution < -0.4 is 5.73 Å². The number of hydrogen-bond acceptors (Lipinski definition) is 3. The number of likely N-dealkylation sites (tertiary alicyclic amines) is 1. The minimum atomic E-state index is 0.140. The van der Waals surface area contributed by atoms with Crippen molar-refractivity contribution in [3.8, 4) is 6.07 Å². The molecule has 0 saturated carbocycles. The SMILES string of the molecule is N#CCCN1CC(CN)CC1=O. The van der Waals surface area contributed by atoms with E-state index in [4.69, 9.17) is 11.0 Å². The molecule has 4 heteroatoms. The van der Waals surface area contributed by atoms with Gasteiger partial charge in [-0.1, -0.05) is 0 Å². The lowest BCUT2D eigenvalue weighted by Gasteiger charge is -2.13. The van der Waals surface area contributed by atoms with E-state index in [0.29, 0.717) is 31.8 Å². The van der Waals surface area contributed by atoms with Crippen molar-refractivity contribution in [3.63, 3.8) is 0 Å². The van der Waals surface area contributed by atoms with E-state index in [-0.39, 0.29) is 5.91 Å². The Hall–Kier alpha value is -1.08. The molecule has 1 heterocycles. The minimum Gasteiger partial charge on any atom is -0.341 e. The molecular weight excluding hydrogens is 154 g/mol. The smallest absolute Gasteiger partial charge is 0.223 e. The predicted molar refractivity (Wildman–Crippen MR) is 44.0 cm³/mol. The van der Waals surface area contributed by atoms with Crippen LogP contribution in [0, 0.1) is 17.2 Å². The first-order valence-electron chi connectivity index (χ1n) is 4.12. The van der Waals surface area contributed by atoms with Gasteiger partial charge in [0, 0.05) is 19.5 Å². The molecule has 0 aromatic rings. The molecule has 1 aliphatic rings. The summed E-state index contributed by atoms with van der Waals surface area (Å²) in [6, 6.07) is 2.02. The molecule has 1 atom stereocenters. The van der Waals surface area contributed by atoms with E-state index >= 15 is 0 Å². The van der Waals surface area contributed by atoms with E-state index in [1.807, 2.05) is 6.07 Å². The van der Waals surface area contributed by atoms with Crippen LogP contribution in [0.25, 0.3) is 0 Å². The lowest BCUT2D eigenvalue weighted by molar-refractivity contribution is -0.127. The van der Waals surface area contributed by atoms with Crippen LogP contribution in [0.1, 0.15) is 12.8 Å². The first kappa shape index (κ1) is 9.01. The third-order valence-electron chi connectivity index (χ3n) is 2.12. The van der Waals surface area contributed by atoms with Gasteiger partial charge < -0.3 is 10.6 Å². The van der Waals surface area contributed by atoms with Crippen molar-refractivity contribution in [1.29, 1.82) is 5.26 Å². The summed E-state index contributed by atoms with van der Waals surface area (Å²) in [5, 5.41) is 8.32. The van der Waals surface area contributed by atoms with E-state index in [1.54, 1.807) is 4.90 Å². The Bertz CT molecular complexity index is 209. The molecule has 1 unspecified atom stereocenters. The van der Waals surface area contributed by atoms with E-state index < -0.39 is 0 Å². The summed E-state index contributed by atoms with van der Waals surface area (Å²) in [5.41, 5.74) is 5.44. The fourth-order valence-electron chi connectivity index (χ4n) is 1.41. The summed E-state index contributed by atoms with van der Waals surface area (Å²) in [7, 11) is 0. The molecule has 1 aliphatic heterocycles. The second kappa shape index (κ2) is 4.07. The lowest BCUT2D eigenvalue weighted by Crippen LogP contribution is -2.27.